The Morgan fingerprint density at radius 3 is 2.81 bits per heavy atom. The van der Waals surface area contributed by atoms with E-state index in [1.807, 2.05) is 18.2 Å². The van der Waals surface area contributed by atoms with Crippen LogP contribution in [0.4, 0.5) is 0 Å². The zero-order valence-corrected chi connectivity index (χ0v) is 15.2. The molecule has 26 heavy (non-hydrogen) atoms. The third-order valence-corrected chi connectivity index (χ3v) is 5.26. The van der Waals surface area contributed by atoms with Crippen molar-refractivity contribution in [1.29, 1.82) is 0 Å². The van der Waals surface area contributed by atoms with Gasteiger partial charge in [-0.25, -0.2) is 0 Å². The van der Waals surface area contributed by atoms with E-state index in [2.05, 4.69) is 10.6 Å². The summed E-state index contributed by atoms with van der Waals surface area (Å²) < 4.78 is 5.52. The van der Waals surface area contributed by atoms with E-state index < -0.39 is 0 Å². The molecule has 3 unspecified atom stereocenters. The zero-order chi connectivity index (χ0) is 18.4. The van der Waals surface area contributed by atoms with E-state index in [1.165, 1.54) is 0 Å². The molecule has 3 atom stereocenters. The summed E-state index contributed by atoms with van der Waals surface area (Å²) in [5.74, 6) is -0.0306. The normalized spacial score (nSPS) is 25.7. The van der Waals surface area contributed by atoms with Gasteiger partial charge >= 0.3 is 0 Å². The van der Waals surface area contributed by atoms with Crippen molar-refractivity contribution in [3.05, 3.63) is 35.4 Å². The lowest BCUT2D eigenvalue weighted by molar-refractivity contribution is -0.126. The van der Waals surface area contributed by atoms with E-state index in [4.69, 9.17) is 10.5 Å². The maximum Gasteiger partial charge on any atom is 0.251 e. The SMILES string of the molecule is NC1CCCC(C(=O)NCc2cccc(C(=O)NCC3CCCO3)c2)C1. The monoisotopic (exact) mass is 359 g/mol. The lowest BCUT2D eigenvalue weighted by Crippen LogP contribution is -2.37. The highest BCUT2D eigenvalue weighted by atomic mass is 16.5. The Bertz CT molecular complexity index is 628. The van der Waals surface area contributed by atoms with Crippen molar-refractivity contribution in [1.82, 2.24) is 10.6 Å². The van der Waals surface area contributed by atoms with Crippen LogP contribution in [0.2, 0.25) is 0 Å². The molecule has 2 aliphatic rings. The van der Waals surface area contributed by atoms with Crippen molar-refractivity contribution < 1.29 is 14.3 Å². The Hall–Kier alpha value is -1.92. The summed E-state index contributed by atoms with van der Waals surface area (Å²) in [5, 5.41) is 5.91. The summed E-state index contributed by atoms with van der Waals surface area (Å²) in [6.45, 7) is 1.75. The smallest absolute Gasteiger partial charge is 0.251 e. The second-order valence-corrected chi connectivity index (χ2v) is 7.39. The van der Waals surface area contributed by atoms with Gasteiger partial charge < -0.3 is 21.1 Å². The highest BCUT2D eigenvalue weighted by Gasteiger charge is 2.25. The molecule has 1 aliphatic heterocycles. The summed E-state index contributed by atoms with van der Waals surface area (Å²) in [4.78, 5) is 24.6. The van der Waals surface area contributed by atoms with Crippen LogP contribution in [-0.2, 0) is 16.1 Å². The van der Waals surface area contributed by atoms with Crippen molar-refractivity contribution in [3.63, 3.8) is 0 Å². The fourth-order valence-electron chi connectivity index (χ4n) is 3.74. The third kappa shape index (κ3) is 5.29. The molecule has 0 radical (unpaired) electrons. The Labute approximate surface area is 154 Å². The van der Waals surface area contributed by atoms with Gasteiger partial charge in [-0.3, -0.25) is 9.59 Å². The highest BCUT2D eigenvalue weighted by Crippen LogP contribution is 2.23. The van der Waals surface area contributed by atoms with E-state index >= 15 is 0 Å². The first-order valence-corrected chi connectivity index (χ1v) is 9.64. The molecule has 1 saturated heterocycles. The minimum Gasteiger partial charge on any atom is -0.376 e. The molecule has 2 fully saturated rings. The van der Waals surface area contributed by atoms with Crippen molar-refractivity contribution in [2.45, 2.75) is 57.2 Å². The largest absolute Gasteiger partial charge is 0.376 e. The number of ether oxygens (including phenoxy) is 1. The van der Waals surface area contributed by atoms with Gasteiger partial charge in [0.05, 0.1) is 6.10 Å². The Kier molecular flexibility index (Phi) is 6.63. The fourth-order valence-corrected chi connectivity index (χ4v) is 3.74. The molecule has 6 nitrogen and oxygen atoms in total. The standard InChI is InChI=1S/C20H29N3O3/c21-17-7-2-6-16(11-17)20(25)22-12-14-4-1-5-15(10-14)19(24)23-13-18-8-3-9-26-18/h1,4-5,10,16-18H,2-3,6-9,11-13,21H2,(H,22,25)(H,23,24). The first kappa shape index (κ1) is 18.9. The molecule has 1 heterocycles. The lowest BCUT2D eigenvalue weighted by Gasteiger charge is -2.25. The van der Waals surface area contributed by atoms with Crippen LogP contribution in [0.15, 0.2) is 24.3 Å². The maximum atomic E-state index is 12.3. The lowest BCUT2D eigenvalue weighted by atomic mass is 9.85. The topological polar surface area (TPSA) is 93.5 Å². The molecule has 6 heteroatoms. The summed E-state index contributed by atoms with van der Waals surface area (Å²) >= 11 is 0. The van der Waals surface area contributed by atoms with Crippen molar-refractivity contribution >= 4 is 11.8 Å². The van der Waals surface area contributed by atoms with Crippen LogP contribution in [0.1, 0.15) is 54.4 Å². The average molecular weight is 359 g/mol. The van der Waals surface area contributed by atoms with Crippen LogP contribution >= 0.6 is 0 Å². The Morgan fingerprint density at radius 2 is 2.04 bits per heavy atom. The molecule has 0 bridgehead atoms. The third-order valence-electron chi connectivity index (χ3n) is 5.26. The molecule has 142 valence electrons. The molecule has 1 aromatic carbocycles. The fraction of sp³-hybridized carbons (Fsp3) is 0.600. The predicted octanol–water partition coefficient (Wildman–Crippen LogP) is 1.73. The maximum absolute atomic E-state index is 12.3. The van der Waals surface area contributed by atoms with Crippen molar-refractivity contribution in [2.75, 3.05) is 13.2 Å². The first-order chi connectivity index (χ1) is 12.6. The quantitative estimate of drug-likeness (QED) is 0.721. The number of nitrogens with two attached hydrogens (primary N) is 1. The summed E-state index contributed by atoms with van der Waals surface area (Å²) in [7, 11) is 0. The molecule has 1 aromatic rings. The summed E-state index contributed by atoms with van der Waals surface area (Å²) in [5.41, 5.74) is 7.49. The van der Waals surface area contributed by atoms with Crippen LogP contribution in [0.3, 0.4) is 0 Å². The van der Waals surface area contributed by atoms with Gasteiger partial charge in [0.1, 0.15) is 0 Å². The van der Waals surface area contributed by atoms with E-state index in [0.29, 0.717) is 18.7 Å². The van der Waals surface area contributed by atoms with Gasteiger partial charge in [0.2, 0.25) is 5.91 Å². The average Bonchev–Trinajstić information content (AvgIpc) is 3.18. The number of benzene rings is 1. The van der Waals surface area contributed by atoms with Gasteiger partial charge in [0, 0.05) is 37.2 Å². The van der Waals surface area contributed by atoms with E-state index in [1.54, 1.807) is 6.07 Å². The number of carbonyl (C=O) groups is 2. The molecular weight excluding hydrogens is 330 g/mol. The number of hydrogen-bond acceptors (Lipinski definition) is 4. The van der Waals surface area contributed by atoms with Gasteiger partial charge in [-0.15, -0.1) is 0 Å². The number of hydrogen-bond donors (Lipinski definition) is 3. The molecule has 2 amide bonds. The minimum atomic E-state index is -0.105. The number of amides is 2. The summed E-state index contributed by atoms with van der Waals surface area (Å²) in [6, 6.07) is 7.52. The van der Waals surface area contributed by atoms with Gasteiger partial charge in [-0.2, -0.15) is 0 Å². The molecule has 0 spiro atoms. The minimum absolute atomic E-state index is 0.0108. The predicted molar refractivity (Wildman–Crippen MR) is 99.5 cm³/mol. The van der Waals surface area contributed by atoms with Crippen LogP contribution in [0.5, 0.6) is 0 Å². The second kappa shape index (κ2) is 9.14. The second-order valence-electron chi connectivity index (χ2n) is 7.39. The number of rotatable bonds is 6. The van der Waals surface area contributed by atoms with Crippen LogP contribution < -0.4 is 16.4 Å². The highest BCUT2D eigenvalue weighted by molar-refractivity contribution is 5.94. The molecule has 3 rings (SSSR count). The van der Waals surface area contributed by atoms with Crippen LogP contribution in [-0.4, -0.2) is 37.1 Å². The van der Waals surface area contributed by atoms with E-state index in [9.17, 15) is 9.59 Å². The van der Waals surface area contributed by atoms with E-state index in [-0.39, 0.29) is 29.9 Å². The van der Waals surface area contributed by atoms with Crippen molar-refractivity contribution in [2.24, 2.45) is 11.7 Å². The van der Waals surface area contributed by atoms with Crippen LogP contribution in [0.25, 0.3) is 0 Å². The number of carbonyl (C=O) groups excluding carboxylic acids is 2. The molecule has 1 saturated carbocycles. The van der Waals surface area contributed by atoms with Crippen molar-refractivity contribution in [3.8, 4) is 0 Å². The first-order valence-electron chi connectivity index (χ1n) is 9.64. The molecular formula is C20H29N3O3. The number of nitrogens with one attached hydrogen (secondary N) is 2. The van der Waals surface area contributed by atoms with Gasteiger partial charge in [0.15, 0.2) is 0 Å². The Balaban J connectivity index is 1.48. The molecule has 0 aromatic heterocycles. The molecule has 4 N–H and O–H groups in total. The molecule has 1 aliphatic carbocycles. The van der Waals surface area contributed by atoms with Gasteiger partial charge in [-0.1, -0.05) is 18.6 Å². The van der Waals surface area contributed by atoms with Gasteiger partial charge in [0.25, 0.3) is 5.91 Å². The Morgan fingerprint density at radius 1 is 1.15 bits per heavy atom. The zero-order valence-electron chi connectivity index (χ0n) is 15.2. The van der Waals surface area contributed by atoms with Crippen LogP contribution in [0, 0.1) is 5.92 Å². The van der Waals surface area contributed by atoms with E-state index in [0.717, 1.165) is 50.7 Å². The van der Waals surface area contributed by atoms with Gasteiger partial charge in [-0.05, 0) is 49.8 Å². The summed E-state index contributed by atoms with van der Waals surface area (Å²) in [6.07, 6.45) is 5.87.